The van der Waals surface area contributed by atoms with Crippen LogP contribution in [0.5, 0.6) is 0 Å². The minimum atomic E-state index is -0.154. The molecule has 1 aliphatic rings. The van der Waals surface area contributed by atoms with Crippen molar-refractivity contribution in [3.63, 3.8) is 0 Å². The van der Waals surface area contributed by atoms with Crippen molar-refractivity contribution in [3.8, 4) is 0 Å². The summed E-state index contributed by atoms with van der Waals surface area (Å²) in [7, 11) is 0. The van der Waals surface area contributed by atoms with Gasteiger partial charge in [-0.05, 0) is 29.6 Å². The van der Waals surface area contributed by atoms with Crippen molar-refractivity contribution in [1.29, 1.82) is 0 Å². The Morgan fingerprint density at radius 3 is 2.52 bits per heavy atom. The summed E-state index contributed by atoms with van der Waals surface area (Å²) >= 11 is 13.3. The first kappa shape index (κ1) is 19.9. The number of anilines is 1. The summed E-state index contributed by atoms with van der Waals surface area (Å²) in [4.78, 5) is 29.0. The molecule has 6 nitrogen and oxygen atoms in total. The summed E-state index contributed by atoms with van der Waals surface area (Å²) in [6, 6.07) is 8.53. The van der Waals surface area contributed by atoms with E-state index in [1.54, 1.807) is 23.1 Å². The predicted octanol–water partition coefficient (Wildman–Crippen LogP) is 3.63. The van der Waals surface area contributed by atoms with Crippen LogP contribution in [-0.4, -0.2) is 61.0 Å². The Bertz CT molecular complexity index is 793. The van der Waals surface area contributed by atoms with Crippen molar-refractivity contribution < 1.29 is 9.59 Å². The highest BCUT2D eigenvalue weighted by Gasteiger charge is 2.21. The first-order chi connectivity index (χ1) is 13.0. The lowest BCUT2D eigenvalue weighted by Crippen LogP contribution is -2.51. The average Bonchev–Trinajstić information content (AvgIpc) is 3.20. The Morgan fingerprint density at radius 1 is 1.07 bits per heavy atom. The van der Waals surface area contributed by atoms with E-state index >= 15 is 0 Å². The molecule has 3 rings (SSSR count). The molecule has 0 unspecified atom stereocenters. The van der Waals surface area contributed by atoms with E-state index in [2.05, 4.69) is 15.5 Å². The zero-order valence-corrected chi connectivity index (χ0v) is 16.9. The fourth-order valence-corrected chi connectivity index (χ4v) is 3.71. The standard InChI is InChI=1S/C18H20Cl2N4O2S/c19-14-4-3-13(12-15(14)20)22-18(26)24-9-7-23(8-10-24)6-5-21-17(25)16-2-1-11-27-16/h1-4,11-12H,5-10H2,(H,21,25)(H,22,26). The summed E-state index contributed by atoms with van der Waals surface area (Å²) in [5, 5.41) is 8.51. The monoisotopic (exact) mass is 426 g/mol. The molecule has 2 aromatic rings. The Hall–Kier alpha value is -1.80. The molecule has 27 heavy (non-hydrogen) atoms. The molecule has 0 aliphatic carbocycles. The number of carbonyl (C=O) groups is 2. The molecule has 1 aromatic carbocycles. The SMILES string of the molecule is O=C(NCCN1CCN(C(=O)Nc2ccc(Cl)c(Cl)c2)CC1)c1cccs1. The van der Waals surface area contributed by atoms with E-state index in [-0.39, 0.29) is 11.9 Å². The number of carbonyl (C=O) groups excluding carboxylic acids is 2. The number of thiophene rings is 1. The van der Waals surface area contributed by atoms with E-state index < -0.39 is 0 Å². The van der Waals surface area contributed by atoms with Crippen LogP contribution in [0.15, 0.2) is 35.7 Å². The number of benzene rings is 1. The minimum Gasteiger partial charge on any atom is -0.350 e. The maximum Gasteiger partial charge on any atom is 0.321 e. The van der Waals surface area contributed by atoms with E-state index in [9.17, 15) is 9.59 Å². The summed E-state index contributed by atoms with van der Waals surface area (Å²) < 4.78 is 0. The highest BCUT2D eigenvalue weighted by Crippen LogP contribution is 2.25. The van der Waals surface area contributed by atoms with Crippen LogP contribution in [0.3, 0.4) is 0 Å². The zero-order chi connectivity index (χ0) is 19.2. The Labute approximate surface area is 172 Å². The van der Waals surface area contributed by atoms with E-state index in [1.807, 2.05) is 17.5 Å². The lowest BCUT2D eigenvalue weighted by atomic mass is 10.3. The molecule has 0 saturated carbocycles. The molecule has 1 aromatic heterocycles. The molecule has 3 amide bonds. The van der Waals surface area contributed by atoms with Gasteiger partial charge in [-0.3, -0.25) is 9.69 Å². The highest BCUT2D eigenvalue weighted by atomic mass is 35.5. The van der Waals surface area contributed by atoms with E-state index in [4.69, 9.17) is 23.2 Å². The number of hydrogen-bond donors (Lipinski definition) is 2. The van der Waals surface area contributed by atoms with Gasteiger partial charge < -0.3 is 15.5 Å². The van der Waals surface area contributed by atoms with Crippen LogP contribution < -0.4 is 10.6 Å². The lowest BCUT2D eigenvalue weighted by Gasteiger charge is -2.34. The van der Waals surface area contributed by atoms with E-state index in [0.29, 0.717) is 35.4 Å². The number of amides is 3. The van der Waals surface area contributed by atoms with Gasteiger partial charge in [0.2, 0.25) is 0 Å². The van der Waals surface area contributed by atoms with Crippen LogP contribution in [0.1, 0.15) is 9.67 Å². The third-order valence-corrected chi connectivity index (χ3v) is 5.90. The van der Waals surface area contributed by atoms with Crippen molar-refractivity contribution in [2.24, 2.45) is 0 Å². The Balaban J connectivity index is 1.38. The maximum atomic E-state index is 12.4. The second-order valence-corrected chi connectivity index (χ2v) is 7.88. The fraction of sp³-hybridized carbons (Fsp3) is 0.333. The predicted molar refractivity (Wildman–Crippen MR) is 110 cm³/mol. The smallest absolute Gasteiger partial charge is 0.321 e. The number of halogens is 2. The molecule has 0 radical (unpaired) electrons. The molecule has 0 bridgehead atoms. The van der Waals surface area contributed by atoms with Gasteiger partial charge in [0.15, 0.2) is 0 Å². The van der Waals surface area contributed by atoms with Gasteiger partial charge in [0.1, 0.15) is 0 Å². The van der Waals surface area contributed by atoms with Crippen LogP contribution >= 0.6 is 34.5 Å². The second kappa shape index (κ2) is 9.41. The molecule has 1 fully saturated rings. The summed E-state index contributed by atoms with van der Waals surface area (Å²) in [5.41, 5.74) is 0.619. The molecule has 1 saturated heterocycles. The van der Waals surface area contributed by atoms with Gasteiger partial charge in [-0.2, -0.15) is 0 Å². The molecular weight excluding hydrogens is 407 g/mol. The third kappa shape index (κ3) is 5.59. The van der Waals surface area contributed by atoms with Crippen molar-refractivity contribution in [3.05, 3.63) is 50.6 Å². The number of urea groups is 1. The van der Waals surface area contributed by atoms with Gasteiger partial charge in [-0.1, -0.05) is 29.3 Å². The van der Waals surface area contributed by atoms with Crippen molar-refractivity contribution in [1.82, 2.24) is 15.1 Å². The molecule has 9 heteroatoms. The molecule has 2 heterocycles. The van der Waals surface area contributed by atoms with Gasteiger partial charge in [0.05, 0.1) is 14.9 Å². The molecule has 0 atom stereocenters. The molecule has 2 N–H and O–H groups in total. The van der Waals surface area contributed by atoms with Crippen molar-refractivity contribution >= 4 is 52.2 Å². The highest BCUT2D eigenvalue weighted by molar-refractivity contribution is 7.12. The van der Waals surface area contributed by atoms with Crippen molar-refractivity contribution in [2.75, 3.05) is 44.6 Å². The van der Waals surface area contributed by atoms with Crippen LogP contribution in [-0.2, 0) is 0 Å². The Morgan fingerprint density at radius 2 is 1.85 bits per heavy atom. The summed E-state index contributed by atoms with van der Waals surface area (Å²) in [6.45, 7) is 4.15. The number of nitrogens with one attached hydrogen (secondary N) is 2. The summed E-state index contributed by atoms with van der Waals surface area (Å²) in [6.07, 6.45) is 0. The largest absolute Gasteiger partial charge is 0.350 e. The molecular formula is C18H20Cl2N4O2S. The van der Waals surface area contributed by atoms with Gasteiger partial charge >= 0.3 is 6.03 Å². The zero-order valence-electron chi connectivity index (χ0n) is 14.6. The van der Waals surface area contributed by atoms with Crippen LogP contribution in [0.25, 0.3) is 0 Å². The van der Waals surface area contributed by atoms with Gasteiger partial charge in [-0.15, -0.1) is 11.3 Å². The first-order valence-electron chi connectivity index (χ1n) is 8.58. The molecule has 144 valence electrons. The molecule has 1 aliphatic heterocycles. The van der Waals surface area contributed by atoms with Gasteiger partial charge in [0, 0.05) is 45.0 Å². The fourth-order valence-electron chi connectivity index (χ4n) is 2.77. The number of piperazine rings is 1. The third-order valence-electron chi connectivity index (χ3n) is 4.29. The number of hydrogen-bond acceptors (Lipinski definition) is 4. The first-order valence-corrected chi connectivity index (χ1v) is 10.2. The Kier molecular flexibility index (Phi) is 6.95. The topological polar surface area (TPSA) is 64.7 Å². The van der Waals surface area contributed by atoms with Crippen LogP contribution in [0, 0.1) is 0 Å². The number of nitrogens with zero attached hydrogens (tertiary/aromatic N) is 2. The van der Waals surface area contributed by atoms with Crippen LogP contribution in [0.2, 0.25) is 10.0 Å². The van der Waals surface area contributed by atoms with Crippen molar-refractivity contribution in [2.45, 2.75) is 0 Å². The normalized spacial score (nSPS) is 14.8. The maximum absolute atomic E-state index is 12.4. The average molecular weight is 427 g/mol. The minimum absolute atomic E-state index is 0.0374. The second-order valence-electron chi connectivity index (χ2n) is 6.12. The van der Waals surface area contributed by atoms with Gasteiger partial charge in [0.25, 0.3) is 5.91 Å². The molecule has 0 spiro atoms. The van der Waals surface area contributed by atoms with Crippen LogP contribution in [0.4, 0.5) is 10.5 Å². The number of rotatable bonds is 5. The quantitative estimate of drug-likeness (QED) is 0.766. The van der Waals surface area contributed by atoms with E-state index in [1.165, 1.54) is 11.3 Å². The van der Waals surface area contributed by atoms with Gasteiger partial charge in [-0.25, -0.2) is 4.79 Å². The lowest BCUT2D eigenvalue weighted by molar-refractivity contribution is 0.0946. The van der Waals surface area contributed by atoms with E-state index in [0.717, 1.165) is 24.5 Å². The summed E-state index contributed by atoms with van der Waals surface area (Å²) in [5.74, 6) is -0.0374.